The second-order valence-corrected chi connectivity index (χ2v) is 5.50. The van der Waals surface area contributed by atoms with Crippen LogP contribution in [0, 0.1) is 0 Å². The summed E-state index contributed by atoms with van der Waals surface area (Å²) in [4.78, 5) is 9.41. The molecule has 1 aromatic heterocycles. The zero-order valence-corrected chi connectivity index (χ0v) is 12.6. The van der Waals surface area contributed by atoms with Crippen molar-refractivity contribution in [3.8, 4) is 0 Å². The molecule has 1 saturated heterocycles. The molecule has 0 radical (unpaired) electrons. The molecule has 0 bridgehead atoms. The first kappa shape index (κ1) is 14.3. The summed E-state index contributed by atoms with van der Waals surface area (Å²) in [5, 5.41) is 3.41. The second-order valence-electron chi connectivity index (χ2n) is 5.50. The van der Waals surface area contributed by atoms with Gasteiger partial charge in [-0.05, 0) is 39.1 Å². The molecule has 106 valence electrons. The molecule has 1 fully saturated rings. The standard InChI is InChI=1S/C15H26N4/c1-5-16-13(3)14-6-7-15(17-10-14)19-9-8-18(4)12(2)11-19/h6-7,10,12-13,16H,5,8-9,11H2,1-4H3. The van der Waals surface area contributed by atoms with E-state index >= 15 is 0 Å². The van der Waals surface area contributed by atoms with Crippen molar-refractivity contribution >= 4 is 5.82 Å². The highest BCUT2D eigenvalue weighted by atomic mass is 15.3. The fourth-order valence-corrected chi connectivity index (χ4v) is 2.52. The Labute approximate surface area is 116 Å². The minimum absolute atomic E-state index is 0.373. The minimum Gasteiger partial charge on any atom is -0.354 e. The van der Waals surface area contributed by atoms with E-state index in [1.807, 2.05) is 6.20 Å². The summed E-state index contributed by atoms with van der Waals surface area (Å²) in [5.41, 5.74) is 1.26. The smallest absolute Gasteiger partial charge is 0.128 e. The normalized spacial score (nSPS) is 22.5. The van der Waals surface area contributed by atoms with Gasteiger partial charge in [-0.15, -0.1) is 0 Å². The van der Waals surface area contributed by atoms with Crippen LogP contribution < -0.4 is 10.2 Å². The Morgan fingerprint density at radius 3 is 2.79 bits per heavy atom. The third-order valence-electron chi connectivity index (χ3n) is 4.06. The van der Waals surface area contributed by atoms with Gasteiger partial charge >= 0.3 is 0 Å². The van der Waals surface area contributed by atoms with Crippen LogP contribution in [-0.2, 0) is 0 Å². The van der Waals surface area contributed by atoms with Gasteiger partial charge in [0.2, 0.25) is 0 Å². The number of aromatic nitrogens is 1. The molecule has 2 rings (SSSR count). The Morgan fingerprint density at radius 2 is 2.21 bits per heavy atom. The highest BCUT2D eigenvalue weighted by Crippen LogP contribution is 2.18. The van der Waals surface area contributed by atoms with Gasteiger partial charge in [-0.3, -0.25) is 0 Å². The minimum atomic E-state index is 0.373. The summed E-state index contributed by atoms with van der Waals surface area (Å²) in [6, 6.07) is 5.31. The second kappa shape index (κ2) is 6.35. The Balaban J connectivity index is 2.02. The quantitative estimate of drug-likeness (QED) is 0.898. The van der Waals surface area contributed by atoms with E-state index in [1.54, 1.807) is 0 Å². The monoisotopic (exact) mass is 262 g/mol. The van der Waals surface area contributed by atoms with E-state index in [1.165, 1.54) is 5.56 Å². The Hall–Kier alpha value is -1.13. The summed E-state index contributed by atoms with van der Waals surface area (Å²) in [5.74, 6) is 1.10. The summed E-state index contributed by atoms with van der Waals surface area (Å²) in [6.07, 6.45) is 2.01. The lowest BCUT2D eigenvalue weighted by molar-refractivity contribution is 0.233. The SMILES string of the molecule is CCNC(C)c1ccc(N2CCN(C)C(C)C2)nc1. The van der Waals surface area contributed by atoms with Gasteiger partial charge in [0.05, 0.1) is 0 Å². The molecule has 4 nitrogen and oxygen atoms in total. The van der Waals surface area contributed by atoms with Crippen LogP contribution >= 0.6 is 0 Å². The van der Waals surface area contributed by atoms with Gasteiger partial charge in [0.25, 0.3) is 0 Å². The van der Waals surface area contributed by atoms with Crippen LogP contribution in [0.5, 0.6) is 0 Å². The number of hydrogen-bond acceptors (Lipinski definition) is 4. The highest BCUT2D eigenvalue weighted by molar-refractivity contribution is 5.40. The summed E-state index contributed by atoms with van der Waals surface area (Å²) < 4.78 is 0. The lowest BCUT2D eigenvalue weighted by atomic mass is 10.1. The maximum absolute atomic E-state index is 4.63. The molecule has 1 aromatic rings. The molecule has 0 aromatic carbocycles. The van der Waals surface area contributed by atoms with Crippen LogP contribution in [0.25, 0.3) is 0 Å². The number of hydrogen-bond donors (Lipinski definition) is 1. The van der Waals surface area contributed by atoms with Crippen molar-refractivity contribution in [2.45, 2.75) is 32.9 Å². The Bertz CT molecular complexity index is 390. The molecule has 2 heterocycles. The zero-order valence-electron chi connectivity index (χ0n) is 12.6. The predicted molar refractivity (Wildman–Crippen MR) is 80.6 cm³/mol. The highest BCUT2D eigenvalue weighted by Gasteiger charge is 2.21. The fourth-order valence-electron chi connectivity index (χ4n) is 2.52. The molecule has 0 aliphatic carbocycles. The molecule has 0 spiro atoms. The summed E-state index contributed by atoms with van der Waals surface area (Å²) in [7, 11) is 2.19. The van der Waals surface area contributed by atoms with E-state index < -0.39 is 0 Å². The molecule has 4 heteroatoms. The average Bonchev–Trinajstić information content (AvgIpc) is 2.42. The van der Waals surface area contributed by atoms with E-state index in [2.05, 4.69) is 60.1 Å². The van der Waals surface area contributed by atoms with Crippen LogP contribution in [0.15, 0.2) is 18.3 Å². The maximum Gasteiger partial charge on any atom is 0.128 e. The average molecular weight is 262 g/mol. The first-order chi connectivity index (χ1) is 9.11. The van der Waals surface area contributed by atoms with Crippen molar-refractivity contribution in [2.75, 3.05) is 38.1 Å². The van der Waals surface area contributed by atoms with Crippen LogP contribution in [0.1, 0.15) is 32.4 Å². The van der Waals surface area contributed by atoms with Gasteiger partial charge in [-0.1, -0.05) is 13.0 Å². The van der Waals surface area contributed by atoms with Crippen LogP contribution in [0.4, 0.5) is 5.82 Å². The van der Waals surface area contributed by atoms with E-state index in [-0.39, 0.29) is 0 Å². The molecule has 0 amide bonds. The molecule has 2 unspecified atom stereocenters. The first-order valence-corrected chi connectivity index (χ1v) is 7.26. The van der Waals surface area contributed by atoms with E-state index in [0.717, 1.165) is 32.0 Å². The van der Waals surface area contributed by atoms with E-state index in [0.29, 0.717) is 12.1 Å². The third-order valence-corrected chi connectivity index (χ3v) is 4.06. The fraction of sp³-hybridized carbons (Fsp3) is 0.667. The van der Waals surface area contributed by atoms with Gasteiger partial charge in [0, 0.05) is 37.9 Å². The number of rotatable bonds is 4. The summed E-state index contributed by atoms with van der Waals surface area (Å²) >= 11 is 0. The van der Waals surface area contributed by atoms with Gasteiger partial charge in [0.15, 0.2) is 0 Å². The van der Waals surface area contributed by atoms with Crippen molar-refractivity contribution in [3.63, 3.8) is 0 Å². The first-order valence-electron chi connectivity index (χ1n) is 7.26. The van der Waals surface area contributed by atoms with E-state index in [4.69, 9.17) is 0 Å². The molecular weight excluding hydrogens is 236 g/mol. The van der Waals surface area contributed by atoms with Crippen LogP contribution in [-0.4, -0.2) is 49.2 Å². The Morgan fingerprint density at radius 1 is 1.42 bits per heavy atom. The molecular formula is C15H26N4. The molecule has 1 aliphatic rings. The van der Waals surface area contributed by atoms with Gasteiger partial charge in [-0.2, -0.15) is 0 Å². The Kier molecular flexibility index (Phi) is 4.77. The number of nitrogens with zero attached hydrogens (tertiary/aromatic N) is 3. The van der Waals surface area contributed by atoms with Crippen LogP contribution in [0.2, 0.25) is 0 Å². The third kappa shape index (κ3) is 3.45. The topological polar surface area (TPSA) is 31.4 Å². The van der Waals surface area contributed by atoms with E-state index in [9.17, 15) is 0 Å². The lowest BCUT2D eigenvalue weighted by Gasteiger charge is -2.38. The molecule has 2 atom stereocenters. The number of nitrogens with one attached hydrogen (secondary N) is 1. The van der Waals surface area contributed by atoms with Crippen molar-refractivity contribution in [1.82, 2.24) is 15.2 Å². The summed E-state index contributed by atoms with van der Waals surface area (Å²) in [6.45, 7) is 10.8. The number of likely N-dealkylation sites (N-methyl/N-ethyl adjacent to an activating group) is 1. The maximum atomic E-state index is 4.63. The van der Waals surface area contributed by atoms with Crippen LogP contribution in [0.3, 0.4) is 0 Å². The molecule has 1 aliphatic heterocycles. The van der Waals surface area contributed by atoms with Gasteiger partial charge in [-0.25, -0.2) is 4.98 Å². The number of piperazine rings is 1. The molecule has 1 N–H and O–H groups in total. The van der Waals surface area contributed by atoms with Crippen molar-refractivity contribution in [3.05, 3.63) is 23.9 Å². The molecule has 19 heavy (non-hydrogen) atoms. The zero-order chi connectivity index (χ0) is 13.8. The largest absolute Gasteiger partial charge is 0.354 e. The number of anilines is 1. The van der Waals surface area contributed by atoms with Gasteiger partial charge < -0.3 is 15.1 Å². The van der Waals surface area contributed by atoms with Crippen molar-refractivity contribution in [1.29, 1.82) is 0 Å². The molecule has 0 saturated carbocycles. The number of pyridine rings is 1. The predicted octanol–water partition coefficient (Wildman–Crippen LogP) is 1.89. The van der Waals surface area contributed by atoms with Crippen molar-refractivity contribution < 1.29 is 0 Å². The van der Waals surface area contributed by atoms with Crippen molar-refractivity contribution in [2.24, 2.45) is 0 Å². The van der Waals surface area contributed by atoms with Gasteiger partial charge in [0.1, 0.15) is 5.82 Å². The lowest BCUT2D eigenvalue weighted by Crippen LogP contribution is -2.50.